The summed E-state index contributed by atoms with van der Waals surface area (Å²) in [6.45, 7) is -0.579. The Hall–Kier alpha value is -2.58. The van der Waals surface area contributed by atoms with Gasteiger partial charge in [-0.25, -0.2) is 9.59 Å². The molecule has 2 rings (SSSR count). The average molecular weight is 369 g/mol. The lowest BCUT2D eigenvalue weighted by molar-refractivity contribution is -0.123. The maximum atomic E-state index is 11.7. The largest absolute Gasteiger partial charge is 0.497 e. The zero-order valence-corrected chi connectivity index (χ0v) is 14.1. The van der Waals surface area contributed by atoms with E-state index in [1.165, 1.54) is 13.2 Å². The van der Waals surface area contributed by atoms with E-state index in [-0.39, 0.29) is 4.88 Å². The molecule has 0 aliphatic carbocycles. The Morgan fingerprint density at radius 2 is 1.83 bits per heavy atom. The van der Waals surface area contributed by atoms with Crippen molar-refractivity contribution in [1.82, 2.24) is 5.32 Å². The van der Waals surface area contributed by atoms with Crippen LogP contribution in [0.15, 0.2) is 36.4 Å². The van der Waals surface area contributed by atoms with E-state index >= 15 is 0 Å². The first-order valence-corrected chi connectivity index (χ1v) is 7.84. The summed E-state index contributed by atoms with van der Waals surface area (Å²) >= 11 is 6.74. The number of carbonyl (C=O) groups is 3. The number of amides is 3. The highest BCUT2D eigenvalue weighted by atomic mass is 35.5. The summed E-state index contributed by atoms with van der Waals surface area (Å²) in [4.78, 5) is 35.2. The lowest BCUT2D eigenvalue weighted by Crippen LogP contribution is -2.37. The van der Waals surface area contributed by atoms with Crippen molar-refractivity contribution in [1.29, 1.82) is 0 Å². The first-order valence-electron chi connectivity index (χ1n) is 6.65. The summed E-state index contributed by atoms with van der Waals surface area (Å²) in [6, 6.07) is 8.85. The Labute approximate surface area is 146 Å². The fourth-order valence-electron chi connectivity index (χ4n) is 1.63. The van der Waals surface area contributed by atoms with Crippen molar-refractivity contribution < 1.29 is 23.9 Å². The van der Waals surface area contributed by atoms with Gasteiger partial charge in [-0.3, -0.25) is 10.1 Å². The Morgan fingerprint density at radius 1 is 1.12 bits per heavy atom. The molecule has 126 valence electrons. The molecule has 3 amide bonds. The van der Waals surface area contributed by atoms with Crippen molar-refractivity contribution >= 4 is 46.5 Å². The lowest BCUT2D eigenvalue weighted by Gasteiger charge is -2.07. The van der Waals surface area contributed by atoms with Crippen molar-refractivity contribution in [3.05, 3.63) is 45.6 Å². The molecule has 0 radical (unpaired) electrons. The quantitative estimate of drug-likeness (QED) is 0.791. The lowest BCUT2D eigenvalue weighted by atomic mass is 10.3. The van der Waals surface area contributed by atoms with E-state index in [1.807, 2.05) is 5.32 Å². The fraction of sp³-hybridized carbons (Fsp3) is 0.133. The third-order valence-corrected chi connectivity index (χ3v) is 3.92. The minimum atomic E-state index is -0.753. The van der Waals surface area contributed by atoms with Crippen LogP contribution in [0, 0.1) is 0 Å². The van der Waals surface area contributed by atoms with Crippen LogP contribution in [0.2, 0.25) is 4.34 Å². The number of imide groups is 1. The van der Waals surface area contributed by atoms with Crippen LogP contribution < -0.4 is 15.4 Å². The van der Waals surface area contributed by atoms with Crippen LogP contribution in [-0.2, 0) is 9.53 Å². The van der Waals surface area contributed by atoms with Crippen LogP contribution in [0.4, 0.5) is 10.5 Å². The molecule has 7 nitrogen and oxygen atoms in total. The number of hydrogen-bond donors (Lipinski definition) is 2. The fourth-order valence-corrected chi connectivity index (χ4v) is 2.56. The molecule has 0 unspecified atom stereocenters. The van der Waals surface area contributed by atoms with Crippen LogP contribution in [-0.4, -0.2) is 31.6 Å². The van der Waals surface area contributed by atoms with Gasteiger partial charge in [-0.15, -0.1) is 11.3 Å². The third-order valence-electron chi connectivity index (χ3n) is 2.71. The van der Waals surface area contributed by atoms with Crippen molar-refractivity contribution in [3.63, 3.8) is 0 Å². The number of anilines is 1. The molecule has 2 aromatic rings. The monoisotopic (exact) mass is 368 g/mol. The number of thiophene rings is 1. The van der Waals surface area contributed by atoms with Gasteiger partial charge in [-0.1, -0.05) is 11.6 Å². The minimum Gasteiger partial charge on any atom is -0.497 e. The molecule has 1 aromatic carbocycles. The van der Waals surface area contributed by atoms with Gasteiger partial charge in [0.1, 0.15) is 10.6 Å². The summed E-state index contributed by atoms with van der Waals surface area (Å²) in [6.07, 6.45) is 0. The normalized spacial score (nSPS) is 9.92. The zero-order valence-electron chi connectivity index (χ0n) is 12.5. The van der Waals surface area contributed by atoms with Crippen LogP contribution >= 0.6 is 22.9 Å². The van der Waals surface area contributed by atoms with E-state index < -0.39 is 24.5 Å². The number of carbonyl (C=O) groups excluding carboxylic acids is 3. The predicted molar refractivity (Wildman–Crippen MR) is 89.8 cm³/mol. The van der Waals surface area contributed by atoms with Gasteiger partial charge in [0.25, 0.3) is 5.91 Å². The number of benzene rings is 1. The molecule has 0 fully saturated rings. The number of ether oxygens (including phenoxy) is 2. The second-order valence-corrected chi connectivity index (χ2v) is 6.13. The van der Waals surface area contributed by atoms with Crippen LogP contribution in [0.25, 0.3) is 0 Å². The van der Waals surface area contributed by atoms with Crippen LogP contribution in [0.3, 0.4) is 0 Å². The topological polar surface area (TPSA) is 93.7 Å². The highest BCUT2D eigenvalue weighted by molar-refractivity contribution is 7.17. The number of urea groups is 1. The molecule has 9 heteroatoms. The van der Waals surface area contributed by atoms with Crippen LogP contribution in [0.5, 0.6) is 5.75 Å². The summed E-state index contributed by atoms with van der Waals surface area (Å²) in [5, 5.41) is 4.51. The van der Waals surface area contributed by atoms with Crippen molar-refractivity contribution in [3.8, 4) is 5.75 Å². The Kier molecular flexibility index (Phi) is 6.16. The Bertz CT molecular complexity index is 745. The number of hydrogen-bond acceptors (Lipinski definition) is 6. The maximum Gasteiger partial charge on any atom is 0.348 e. The molecular weight excluding hydrogens is 356 g/mol. The number of methoxy groups -OCH3 is 1. The van der Waals surface area contributed by atoms with Crippen molar-refractivity contribution in [2.75, 3.05) is 19.0 Å². The summed E-state index contributed by atoms with van der Waals surface area (Å²) < 4.78 is 10.2. The van der Waals surface area contributed by atoms with E-state index in [1.54, 1.807) is 30.3 Å². The predicted octanol–water partition coefficient (Wildman–Crippen LogP) is 2.92. The molecule has 1 aromatic heterocycles. The van der Waals surface area contributed by atoms with Gasteiger partial charge in [0, 0.05) is 5.69 Å². The van der Waals surface area contributed by atoms with E-state index in [0.717, 1.165) is 11.3 Å². The first kappa shape index (κ1) is 17.8. The van der Waals surface area contributed by atoms with Gasteiger partial charge < -0.3 is 14.8 Å². The summed E-state index contributed by atoms with van der Waals surface area (Å²) in [5.41, 5.74) is 0.478. The van der Waals surface area contributed by atoms with Gasteiger partial charge in [-0.2, -0.15) is 0 Å². The van der Waals surface area contributed by atoms with Crippen LogP contribution in [0.1, 0.15) is 9.67 Å². The first-order chi connectivity index (χ1) is 11.5. The Balaban J connectivity index is 1.76. The maximum absolute atomic E-state index is 11.7. The minimum absolute atomic E-state index is 0.274. The van der Waals surface area contributed by atoms with Gasteiger partial charge in [0.2, 0.25) is 0 Å². The van der Waals surface area contributed by atoms with Crippen molar-refractivity contribution in [2.45, 2.75) is 0 Å². The molecule has 0 spiro atoms. The van der Waals surface area contributed by atoms with Gasteiger partial charge in [0.05, 0.1) is 11.4 Å². The molecule has 0 aliphatic rings. The molecule has 0 atom stereocenters. The molecule has 0 saturated carbocycles. The van der Waals surface area contributed by atoms with Gasteiger partial charge in [-0.05, 0) is 36.4 Å². The standard InChI is InChI=1S/C15H13ClN2O5S/c1-22-10-4-2-9(3-5-10)17-15(21)18-13(19)8-23-14(20)11-6-7-12(16)24-11/h2-7H,8H2,1H3,(H2,17,18,19,21). The zero-order chi connectivity index (χ0) is 17.5. The molecule has 0 bridgehead atoms. The van der Waals surface area contributed by atoms with Gasteiger partial charge >= 0.3 is 12.0 Å². The highest BCUT2D eigenvalue weighted by Crippen LogP contribution is 2.21. The second-order valence-electron chi connectivity index (χ2n) is 4.41. The van der Waals surface area contributed by atoms with Crippen molar-refractivity contribution in [2.24, 2.45) is 0 Å². The van der Waals surface area contributed by atoms with Gasteiger partial charge in [0.15, 0.2) is 6.61 Å². The SMILES string of the molecule is COc1ccc(NC(=O)NC(=O)COC(=O)c2ccc(Cl)s2)cc1. The van der Waals surface area contributed by atoms with E-state index in [4.69, 9.17) is 21.1 Å². The summed E-state index contributed by atoms with van der Waals surface area (Å²) in [5.74, 6) is -0.799. The smallest absolute Gasteiger partial charge is 0.348 e. The molecule has 1 heterocycles. The number of halogens is 1. The third kappa shape index (κ3) is 5.25. The summed E-state index contributed by atoms with van der Waals surface area (Å²) in [7, 11) is 1.53. The highest BCUT2D eigenvalue weighted by Gasteiger charge is 2.14. The number of esters is 1. The number of rotatable bonds is 5. The molecule has 2 N–H and O–H groups in total. The second kappa shape index (κ2) is 8.32. The molecule has 0 aliphatic heterocycles. The van der Waals surface area contributed by atoms with E-state index in [0.29, 0.717) is 15.8 Å². The molecule has 24 heavy (non-hydrogen) atoms. The average Bonchev–Trinajstić information content (AvgIpc) is 3.00. The Morgan fingerprint density at radius 3 is 2.42 bits per heavy atom. The van der Waals surface area contributed by atoms with E-state index in [9.17, 15) is 14.4 Å². The molecular formula is C15H13ClN2O5S. The van der Waals surface area contributed by atoms with E-state index in [2.05, 4.69) is 5.32 Å². The number of nitrogens with one attached hydrogen (secondary N) is 2. The molecule has 0 saturated heterocycles.